The zero-order valence-electron chi connectivity index (χ0n) is 17.8. The van der Waals surface area contributed by atoms with Crippen molar-refractivity contribution in [1.82, 2.24) is 15.0 Å². The van der Waals surface area contributed by atoms with E-state index in [2.05, 4.69) is 10.1 Å². The summed E-state index contributed by atoms with van der Waals surface area (Å²) in [6.45, 7) is 1.71. The molecule has 9 nitrogen and oxygen atoms in total. The molecule has 164 valence electrons. The van der Waals surface area contributed by atoms with Crippen LogP contribution in [0.4, 0.5) is 5.69 Å². The van der Waals surface area contributed by atoms with Gasteiger partial charge in [-0.25, -0.2) is 8.42 Å². The number of nitrogens with zero attached hydrogens (tertiary/aromatic N) is 4. The van der Waals surface area contributed by atoms with Crippen molar-refractivity contribution < 1.29 is 22.5 Å². The number of anilines is 1. The van der Waals surface area contributed by atoms with Gasteiger partial charge in [-0.3, -0.25) is 9.10 Å². The molecule has 0 unspecified atom stereocenters. The van der Waals surface area contributed by atoms with E-state index in [1.54, 1.807) is 51.4 Å². The molecule has 3 rings (SSSR count). The minimum absolute atomic E-state index is 0.00511. The molecule has 1 amide bonds. The van der Waals surface area contributed by atoms with E-state index >= 15 is 0 Å². The molecule has 0 aliphatic carbocycles. The Kier molecular flexibility index (Phi) is 6.59. The smallest absolute Gasteiger partial charge is 0.254 e. The Bertz CT molecular complexity index is 1160. The quantitative estimate of drug-likeness (QED) is 0.526. The van der Waals surface area contributed by atoms with Gasteiger partial charge in [-0.1, -0.05) is 17.3 Å². The molecule has 0 N–H and O–H groups in total. The summed E-state index contributed by atoms with van der Waals surface area (Å²) in [4.78, 5) is 18.5. The van der Waals surface area contributed by atoms with Crippen molar-refractivity contribution >= 4 is 21.6 Å². The first-order valence-corrected chi connectivity index (χ1v) is 11.1. The highest BCUT2D eigenvalue weighted by Gasteiger charge is 2.19. The average Bonchev–Trinajstić information content (AvgIpc) is 3.26. The lowest BCUT2D eigenvalue weighted by atomic mass is 10.2. The van der Waals surface area contributed by atoms with E-state index in [4.69, 9.17) is 9.26 Å². The maximum absolute atomic E-state index is 12.7. The molecule has 0 fully saturated rings. The van der Waals surface area contributed by atoms with Crippen molar-refractivity contribution in [2.75, 3.05) is 31.3 Å². The molecule has 0 aliphatic rings. The first-order chi connectivity index (χ1) is 14.7. The maximum Gasteiger partial charge on any atom is 0.254 e. The Labute approximate surface area is 181 Å². The maximum atomic E-state index is 12.7. The second-order valence-electron chi connectivity index (χ2n) is 6.82. The lowest BCUT2D eigenvalue weighted by molar-refractivity contribution is 0.0769. The van der Waals surface area contributed by atoms with Gasteiger partial charge < -0.3 is 14.2 Å². The van der Waals surface area contributed by atoms with E-state index in [1.165, 1.54) is 16.3 Å². The molecule has 0 aliphatic heterocycles. The molecule has 31 heavy (non-hydrogen) atoms. The van der Waals surface area contributed by atoms with E-state index in [9.17, 15) is 13.2 Å². The SMILES string of the molecule is CCS(=O)(=O)N(C)c1ccc(C(=O)N(C)Cc2nc(-c3cccc(OC)c3)no2)cc1. The number of aromatic nitrogens is 2. The molecule has 0 spiro atoms. The zero-order valence-corrected chi connectivity index (χ0v) is 18.6. The summed E-state index contributed by atoms with van der Waals surface area (Å²) in [5.41, 5.74) is 1.65. The molecule has 10 heteroatoms. The van der Waals surface area contributed by atoms with Crippen LogP contribution in [0.3, 0.4) is 0 Å². The van der Waals surface area contributed by atoms with Crippen LogP contribution in [0.5, 0.6) is 5.75 Å². The molecule has 1 aromatic heterocycles. The van der Waals surface area contributed by atoms with E-state index < -0.39 is 10.0 Å². The number of methoxy groups -OCH3 is 1. The van der Waals surface area contributed by atoms with Crippen molar-refractivity contribution in [2.24, 2.45) is 0 Å². The van der Waals surface area contributed by atoms with Crippen LogP contribution in [-0.2, 0) is 16.6 Å². The van der Waals surface area contributed by atoms with Gasteiger partial charge >= 0.3 is 0 Å². The lowest BCUT2D eigenvalue weighted by Gasteiger charge is -2.19. The number of sulfonamides is 1. The third-order valence-corrected chi connectivity index (χ3v) is 6.55. The van der Waals surface area contributed by atoms with E-state index in [1.807, 2.05) is 18.2 Å². The molecule has 0 bridgehead atoms. The Balaban J connectivity index is 1.69. The first-order valence-electron chi connectivity index (χ1n) is 9.54. The summed E-state index contributed by atoms with van der Waals surface area (Å²) in [5, 5.41) is 3.97. The summed E-state index contributed by atoms with van der Waals surface area (Å²) in [6, 6.07) is 13.6. The van der Waals surface area contributed by atoms with Gasteiger partial charge in [0.05, 0.1) is 25.1 Å². The Morgan fingerprint density at radius 2 is 1.84 bits per heavy atom. The van der Waals surface area contributed by atoms with Crippen LogP contribution in [0.2, 0.25) is 0 Å². The number of carbonyl (C=O) groups is 1. The predicted octanol–water partition coefficient (Wildman–Crippen LogP) is 2.80. The number of carbonyl (C=O) groups excluding carboxylic acids is 1. The Morgan fingerprint density at radius 3 is 2.48 bits per heavy atom. The molecule has 0 atom stereocenters. The number of benzene rings is 2. The minimum Gasteiger partial charge on any atom is -0.497 e. The van der Waals surface area contributed by atoms with Gasteiger partial charge in [0.2, 0.25) is 21.7 Å². The Hall–Kier alpha value is -3.40. The van der Waals surface area contributed by atoms with Crippen molar-refractivity contribution in [2.45, 2.75) is 13.5 Å². The van der Waals surface area contributed by atoms with E-state index in [0.717, 1.165) is 5.56 Å². The molecule has 2 aromatic carbocycles. The summed E-state index contributed by atoms with van der Waals surface area (Å²) in [5.74, 6) is 1.11. The average molecular weight is 445 g/mol. The highest BCUT2D eigenvalue weighted by Crippen LogP contribution is 2.22. The fourth-order valence-electron chi connectivity index (χ4n) is 2.86. The molecule has 3 aromatic rings. The number of amides is 1. The summed E-state index contributed by atoms with van der Waals surface area (Å²) < 4.78 is 35.7. The van der Waals surface area contributed by atoms with Crippen molar-refractivity contribution in [1.29, 1.82) is 0 Å². The highest BCUT2D eigenvalue weighted by molar-refractivity contribution is 7.92. The summed E-state index contributed by atoms with van der Waals surface area (Å²) in [7, 11) is 1.32. The van der Waals surface area contributed by atoms with Gasteiger partial charge in [-0.2, -0.15) is 4.98 Å². The van der Waals surface area contributed by atoms with Gasteiger partial charge in [0.1, 0.15) is 5.75 Å². The van der Waals surface area contributed by atoms with Gasteiger partial charge in [-0.05, 0) is 43.3 Å². The molecular weight excluding hydrogens is 420 g/mol. The fourth-order valence-corrected chi connectivity index (χ4v) is 3.69. The molecule has 1 heterocycles. The molecule has 0 radical (unpaired) electrons. The number of hydrogen-bond donors (Lipinski definition) is 0. The van der Waals surface area contributed by atoms with Crippen LogP contribution >= 0.6 is 0 Å². The topological polar surface area (TPSA) is 106 Å². The van der Waals surface area contributed by atoms with Crippen LogP contribution in [-0.4, -0.2) is 56.3 Å². The molecule has 0 saturated carbocycles. The van der Waals surface area contributed by atoms with Crippen molar-refractivity contribution in [3.8, 4) is 17.1 Å². The van der Waals surface area contributed by atoms with Crippen LogP contribution in [0, 0.1) is 0 Å². The highest BCUT2D eigenvalue weighted by atomic mass is 32.2. The monoisotopic (exact) mass is 444 g/mol. The van der Waals surface area contributed by atoms with Gasteiger partial charge in [0, 0.05) is 25.2 Å². The van der Waals surface area contributed by atoms with Crippen LogP contribution in [0.15, 0.2) is 53.1 Å². The Morgan fingerprint density at radius 1 is 1.13 bits per heavy atom. The number of hydrogen-bond acceptors (Lipinski definition) is 7. The van der Waals surface area contributed by atoms with E-state index in [-0.39, 0.29) is 18.2 Å². The number of ether oxygens (including phenoxy) is 1. The van der Waals surface area contributed by atoms with Crippen molar-refractivity contribution in [3.63, 3.8) is 0 Å². The lowest BCUT2D eigenvalue weighted by Crippen LogP contribution is -2.28. The summed E-state index contributed by atoms with van der Waals surface area (Å²) >= 11 is 0. The van der Waals surface area contributed by atoms with Gasteiger partial charge in [0.25, 0.3) is 5.91 Å². The second kappa shape index (κ2) is 9.17. The van der Waals surface area contributed by atoms with Crippen LogP contribution in [0.1, 0.15) is 23.2 Å². The van der Waals surface area contributed by atoms with Crippen LogP contribution in [0.25, 0.3) is 11.4 Å². The first kappa shape index (κ1) is 22.3. The molecular formula is C21H24N4O5S. The van der Waals surface area contributed by atoms with Gasteiger partial charge in [0.15, 0.2) is 0 Å². The fraction of sp³-hybridized carbons (Fsp3) is 0.286. The second-order valence-corrected chi connectivity index (χ2v) is 9.11. The van der Waals surface area contributed by atoms with E-state index in [0.29, 0.717) is 28.7 Å². The standard InChI is InChI=1S/C21H24N4O5S/c1-5-31(27,28)25(3)17-11-9-15(10-12-17)21(26)24(2)14-19-22-20(23-30-19)16-7-6-8-18(13-16)29-4/h6-13H,5,14H2,1-4H3. The normalized spacial score (nSPS) is 11.2. The number of rotatable bonds is 8. The third kappa shape index (κ3) is 5.02. The van der Waals surface area contributed by atoms with Gasteiger partial charge in [-0.15, -0.1) is 0 Å². The third-order valence-electron chi connectivity index (χ3n) is 4.78. The molecule has 0 saturated heterocycles. The van der Waals surface area contributed by atoms with Crippen molar-refractivity contribution in [3.05, 3.63) is 60.0 Å². The predicted molar refractivity (Wildman–Crippen MR) is 116 cm³/mol. The van der Waals surface area contributed by atoms with Crippen LogP contribution < -0.4 is 9.04 Å². The largest absolute Gasteiger partial charge is 0.497 e. The summed E-state index contributed by atoms with van der Waals surface area (Å²) in [6.07, 6.45) is 0. The zero-order chi connectivity index (χ0) is 22.6. The minimum atomic E-state index is -3.36.